The highest BCUT2D eigenvalue weighted by molar-refractivity contribution is 5.28. The maximum Gasteiger partial charge on any atom is 0.203 e. The molecule has 1 N–H and O–H groups in total. The number of methoxy groups -OCH3 is 1. The minimum Gasteiger partial charge on any atom is -0.385 e. The van der Waals surface area contributed by atoms with E-state index in [4.69, 9.17) is 4.74 Å². The molecule has 0 spiro atoms. The van der Waals surface area contributed by atoms with Crippen molar-refractivity contribution in [2.24, 2.45) is 11.8 Å². The van der Waals surface area contributed by atoms with Crippen LogP contribution in [-0.4, -0.2) is 29.8 Å². The minimum absolute atomic E-state index is 0.798. The third-order valence-corrected chi connectivity index (χ3v) is 3.41. The number of hydrogen-bond donors (Lipinski definition) is 1. The summed E-state index contributed by atoms with van der Waals surface area (Å²) >= 11 is 0. The second-order valence-corrected chi connectivity index (χ2v) is 5.10. The highest BCUT2D eigenvalue weighted by Gasteiger charge is 2.33. The van der Waals surface area contributed by atoms with Gasteiger partial charge in [0.25, 0.3) is 0 Å². The molecule has 1 aliphatic rings. The van der Waals surface area contributed by atoms with Crippen molar-refractivity contribution in [3.8, 4) is 0 Å². The molecule has 0 aromatic carbocycles. The molecule has 17 heavy (non-hydrogen) atoms. The Morgan fingerprint density at radius 1 is 1.59 bits per heavy atom. The van der Waals surface area contributed by atoms with Crippen LogP contribution in [0.3, 0.4) is 0 Å². The molecule has 0 amide bonds. The molecular weight excluding hydrogens is 214 g/mol. The molecule has 4 nitrogen and oxygen atoms in total. The third-order valence-electron chi connectivity index (χ3n) is 3.41. The van der Waals surface area contributed by atoms with Crippen LogP contribution in [0.5, 0.6) is 0 Å². The maximum absolute atomic E-state index is 5.04. The van der Waals surface area contributed by atoms with Crippen molar-refractivity contribution in [3.63, 3.8) is 0 Å². The summed E-state index contributed by atoms with van der Waals surface area (Å²) in [5, 5.41) is 3.39. The van der Waals surface area contributed by atoms with E-state index in [1.165, 1.54) is 6.42 Å². The van der Waals surface area contributed by atoms with Crippen molar-refractivity contribution in [3.05, 3.63) is 11.9 Å². The molecule has 0 radical (unpaired) electrons. The van der Waals surface area contributed by atoms with E-state index in [-0.39, 0.29) is 0 Å². The standard InChI is InChI=1S/C13H23N3O/c1-10-7-12(10)9-16-8-11(2)15-13(16)14-5-4-6-17-3/h8,10,12H,4-7,9H2,1-3H3,(H,14,15). The fourth-order valence-electron chi connectivity index (χ4n) is 2.15. The maximum atomic E-state index is 5.04. The number of rotatable bonds is 7. The second kappa shape index (κ2) is 5.54. The first kappa shape index (κ1) is 12.4. The number of imidazole rings is 1. The van der Waals surface area contributed by atoms with Gasteiger partial charge in [-0.15, -0.1) is 0 Å². The Balaban J connectivity index is 1.86. The number of nitrogens with zero attached hydrogens (tertiary/aromatic N) is 2. The number of aromatic nitrogens is 2. The Morgan fingerprint density at radius 2 is 2.35 bits per heavy atom. The lowest BCUT2D eigenvalue weighted by molar-refractivity contribution is 0.197. The average Bonchev–Trinajstić information content (AvgIpc) is 2.85. The third kappa shape index (κ3) is 3.46. The van der Waals surface area contributed by atoms with Gasteiger partial charge >= 0.3 is 0 Å². The van der Waals surface area contributed by atoms with Gasteiger partial charge in [-0.1, -0.05) is 6.92 Å². The molecule has 0 bridgehead atoms. The van der Waals surface area contributed by atoms with Gasteiger partial charge in [0.15, 0.2) is 0 Å². The molecule has 1 saturated carbocycles. The van der Waals surface area contributed by atoms with Crippen LogP contribution < -0.4 is 5.32 Å². The van der Waals surface area contributed by atoms with Gasteiger partial charge in [0, 0.05) is 33.0 Å². The highest BCUT2D eigenvalue weighted by atomic mass is 16.5. The fourth-order valence-corrected chi connectivity index (χ4v) is 2.15. The van der Waals surface area contributed by atoms with Gasteiger partial charge in [0.05, 0.1) is 5.69 Å². The molecule has 2 atom stereocenters. The first-order valence-corrected chi connectivity index (χ1v) is 6.47. The molecule has 1 aromatic rings. The van der Waals surface area contributed by atoms with Crippen molar-refractivity contribution in [1.29, 1.82) is 0 Å². The van der Waals surface area contributed by atoms with Gasteiger partial charge in [-0.3, -0.25) is 0 Å². The first-order chi connectivity index (χ1) is 8.20. The van der Waals surface area contributed by atoms with Crippen LogP contribution in [0.4, 0.5) is 5.95 Å². The van der Waals surface area contributed by atoms with Gasteiger partial charge < -0.3 is 14.6 Å². The topological polar surface area (TPSA) is 39.1 Å². The summed E-state index contributed by atoms with van der Waals surface area (Å²) in [4.78, 5) is 4.53. The number of hydrogen-bond acceptors (Lipinski definition) is 3. The molecule has 2 unspecified atom stereocenters. The van der Waals surface area contributed by atoms with E-state index in [9.17, 15) is 0 Å². The van der Waals surface area contributed by atoms with Crippen LogP contribution in [0.2, 0.25) is 0 Å². The monoisotopic (exact) mass is 237 g/mol. The molecule has 1 aromatic heterocycles. The Bertz CT molecular complexity index is 362. The Hall–Kier alpha value is -1.03. The number of ether oxygens (including phenoxy) is 1. The van der Waals surface area contributed by atoms with E-state index >= 15 is 0 Å². The largest absolute Gasteiger partial charge is 0.385 e. The molecule has 0 saturated heterocycles. The van der Waals surface area contributed by atoms with Gasteiger partial charge in [-0.05, 0) is 31.6 Å². The average molecular weight is 237 g/mol. The number of aryl methyl sites for hydroxylation is 1. The van der Waals surface area contributed by atoms with E-state index < -0.39 is 0 Å². The van der Waals surface area contributed by atoms with E-state index in [1.54, 1.807) is 7.11 Å². The van der Waals surface area contributed by atoms with Gasteiger partial charge in [0.2, 0.25) is 5.95 Å². The quantitative estimate of drug-likeness (QED) is 0.740. The second-order valence-electron chi connectivity index (χ2n) is 5.10. The number of nitrogens with one attached hydrogen (secondary N) is 1. The minimum atomic E-state index is 0.798. The van der Waals surface area contributed by atoms with Crippen molar-refractivity contribution in [2.45, 2.75) is 33.2 Å². The Morgan fingerprint density at radius 3 is 3.00 bits per heavy atom. The predicted molar refractivity (Wildman–Crippen MR) is 69.2 cm³/mol. The summed E-state index contributed by atoms with van der Waals surface area (Å²) in [5.41, 5.74) is 1.09. The zero-order valence-corrected chi connectivity index (χ0v) is 11.1. The Labute approximate surface area is 103 Å². The summed E-state index contributed by atoms with van der Waals surface area (Å²) < 4.78 is 7.30. The van der Waals surface area contributed by atoms with Crippen LogP contribution in [-0.2, 0) is 11.3 Å². The summed E-state index contributed by atoms with van der Waals surface area (Å²) in [6, 6.07) is 0. The first-order valence-electron chi connectivity index (χ1n) is 6.47. The van der Waals surface area contributed by atoms with Crippen molar-refractivity contribution >= 4 is 5.95 Å². The van der Waals surface area contributed by atoms with Crippen molar-refractivity contribution in [1.82, 2.24) is 9.55 Å². The molecule has 1 fully saturated rings. The van der Waals surface area contributed by atoms with Gasteiger partial charge in [-0.2, -0.15) is 0 Å². The molecule has 0 aliphatic heterocycles. The van der Waals surface area contributed by atoms with Gasteiger partial charge in [-0.25, -0.2) is 4.98 Å². The van der Waals surface area contributed by atoms with Crippen molar-refractivity contribution < 1.29 is 4.74 Å². The molecular formula is C13H23N3O. The van der Waals surface area contributed by atoms with E-state index in [1.807, 2.05) is 6.92 Å². The van der Waals surface area contributed by atoms with E-state index in [2.05, 4.69) is 28.0 Å². The lowest BCUT2D eigenvalue weighted by Gasteiger charge is -2.09. The number of anilines is 1. The summed E-state index contributed by atoms with van der Waals surface area (Å²) in [5.74, 6) is 2.75. The summed E-state index contributed by atoms with van der Waals surface area (Å²) in [6.07, 6.45) is 4.52. The highest BCUT2D eigenvalue weighted by Crippen LogP contribution is 2.39. The molecule has 1 aliphatic carbocycles. The summed E-state index contributed by atoms with van der Waals surface area (Å²) in [7, 11) is 1.74. The molecule has 1 heterocycles. The lowest BCUT2D eigenvalue weighted by atomic mass is 10.3. The van der Waals surface area contributed by atoms with Crippen LogP contribution >= 0.6 is 0 Å². The zero-order chi connectivity index (χ0) is 12.3. The predicted octanol–water partition coefficient (Wildman–Crippen LogP) is 2.30. The van der Waals surface area contributed by atoms with Crippen LogP contribution in [0.25, 0.3) is 0 Å². The SMILES string of the molecule is COCCCNc1nc(C)cn1CC1CC1C. The smallest absolute Gasteiger partial charge is 0.203 e. The zero-order valence-electron chi connectivity index (χ0n) is 11.1. The van der Waals surface area contributed by atoms with Crippen LogP contribution in [0.1, 0.15) is 25.5 Å². The molecule has 96 valence electrons. The molecule has 2 rings (SSSR count). The Kier molecular flexibility index (Phi) is 4.05. The van der Waals surface area contributed by atoms with E-state index in [0.29, 0.717) is 0 Å². The summed E-state index contributed by atoms with van der Waals surface area (Å²) in [6.45, 7) is 7.19. The van der Waals surface area contributed by atoms with Gasteiger partial charge in [0.1, 0.15) is 0 Å². The van der Waals surface area contributed by atoms with Crippen molar-refractivity contribution in [2.75, 3.05) is 25.6 Å². The molecule has 4 heteroatoms. The van der Waals surface area contributed by atoms with Crippen LogP contribution in [0, 0.1) is 18.8 Å². The van der Waals surface area contributed by atoms with E-state index in [0.717, 1.165) is 49.6 Å². The van der Waals surface area contributed by atoms with Crippen LogP contribution in [0.15, 0.2) is 6.20 Å². The lowest BCUT2D eigenvalue weighted by Crippen LogP contribution is -2.11. The fraction of sp³-hybridized carbons (Fsp3) is 0.769. The normalized spacial score (nSPS) is 22.8.